The van der Waals surface area contributed by atoms with Gasteiger partial charge in [-0.05, 0) is 125 Å². The van der Waals surface area contributed by atoms with E-state index in [1.54, 1.807) is 0 Å². The van der Waals surface area contributed by atoms with E-state index in [2.05, 4.69) is 279 Å². The number of para-hydroxylation sites is 1. The van der Waals surface area contributed by atoms with E-state index in [1.807, 2.05) is 0 Å². The third kappa shape index (κ3) is 6.46. The second-order valence-electron chi connectivity index (χ2n) is 18.4. The highest BCUT2D eigenvalue weighted by Crippen LogP contribution is 2.58. The third-order valence-electron chi connectivity index (χ3n) is 14.7. The summed E-state index contributed by atoms with van der Waals surface area (Å²) in [6.45, 7) is 2.43. The molecular formula is C68H47N. The molecule has 0 aliphatic heterocycles. The molecule has 0 saturated heterocycles. The van der Waals surface area contributed by atoms with Crippen molar-refractivity contribution in [2.24, 2.45) is 0 Å². The number of anilines is 3. The molecule has 1 aliphatic carbocycles. The molecular weight excluding hydrogens is 831 g/mol. The first kappa shape index (κ1) is 40.5. The summed E-state index contributed by atoms with van der Waals surface area (Å²) in [6.07, 6.45) is 0. The quantitative estimate of drug-likeness (QED) is 0.138. The number of hydrogen-bond acceptors (Lipinski definition) is 1. The monoisotopic (exact) mass is 877 g/mol. The predicted octanol–water partition coefficient (Wildman–Crippen LogP) is 18.6. The van der Waals surface area contributed by atoms with Crippen molar-refractivity contribution in [2.45, 2.75) is 12.3 Å². The van der Waals surface area contributed by atoms with Crippen LogP contribution in [-0.2, 0) is 5.41 Å². The van der Waals surface area contributed by atoms with Gasteiger partial charge in [-0.1, -0.05) is 243 Å². The van der Waals surface area contributed by atoms with Crippen LogP contribution >= 0.6 is 0 Å². The van der Waals surface area contributed by atoms with E-state index in [4.69, 9.17) is 0 Å². The van der Waals surface area contributed by atoms with Crippen LogP contribution in [0.1, 0.15) is 23.6 Å². The van der Waals surface area contributed by atoms with E-state index in [9.17, 15) is 0 Å². The van der Waals surface area contributed by atoms with Crippen LogP contribution in [0.3, 0.4) is 0 Å². The number of rotatable bonds is 8. The van der Waals surface area contributed by atoms with Gasteiger partial charge in [-0.2, -0.15) is 0 Å². The Morgan fingerprint density at radius 3 is 1.49 bits per heavy atom. The summed E-state index contributed by atoms with van der Waals surface area (Å²) in [7, 11) is 0. The maximum absolute atomic E-state index is 2.58. The second kappa shape index (κ2) is 16.5. The largest absolute Gasteiger partial charge is 0.309 e. The minimum Gasteiger partial charge on any atom is -0.309 e. The van der Waals surface area contributed by atoms with E-state index in [0.717, 1.165) is 28.2 Å². The molecule has 324 valence electrons. The van der Waals surface area contributed by atoms with Gasteiger partial charge in [-0.15, -0.1) is 0 Å². The molecule has 0 amide bonds. The van der Waals surface area contributed by atoms with Crippen molar-refractivity contribution in [2.75, 3.05) is 4.90 Å². The molecule has 0 heterocycles. The van der Waals surface area contributed by atoms with Gasteiger partial charge in [0.05, 0.1) is 17.1 Å². The molecule has 13 rings (SSSR count). The zero-order chi connectivity index (χ0) is 45.9. The Morgan fingerprint density at radius 2 is 0.783 bits per heavy atom. The molecule has 69 heavy (non-hydrogen) atoms. The first-order chi connectivity index (χ1) is 34.2. The van der Waals surface area contributed by atoms with Gasteiger partial charge in [0.2, 0.25) is 0 Å². The molecule has 1 heteroatoms. The average molecular weight is 878 g/mol. The van der Waals surface area contributed by atoms with E-state index in [1.165, 1.54) is 93.5 Å². The van der Waals surface area contributed by atoms with Crippen molar-refractivity contribution < 1.29 is 0 Å². The third-order valence-corrected chi connectivity index (χ3v) is 14.7. The lowest BCUT2D eigenvalue weighted by Gasteiger charge is -2.36. The van der Waals surface area contributed by atoms with Gasteiger partial charge >= 0.3 is 0 Å². The highest BCUT2D eigenvalue weighted by molar-refractivity contribution is 6.22. The second-order valence-corrected chi connectivity index (χ2v) is 18.4. The number of fused-ring (bicyclic) bond motifs is 7. The highest BCUT2D eigenvalue weighted by Gasteiger charge is 2.44. The number of benzene rings is 12. The standard InChI is InChI=1S/C68H47N/c1-68(50-29-12-5-13-30-50)61-38-20-18-34-56(61)59-37-22-40-64(67(59)68)69(63-44-43-51(46-23-6-2-7-24-46)53-32-14-16-35-57(53)63)62-39-21-19-31-52(62)49-41-42-55-54-33-15-17-36-58(54)65(47-25-8-3-9-26-47)66(60(55)45-49)48-27-10-4-11-28-48/h2-45H,1H3. The summed E-state index contributed by atoms with van der Waals surface area (Å²) < 4.78 is 0. The lowest BCUT2D eigenvalue weighted by atomic mass is 9.73. The van der Waals surface area contributed by atoms with Crippen molar-refractivity contribution in [3.05, 3.63) is 284 Å². The molecule has 0 aromatic heterocycles. The van der Waals surface area contributed by atoms with Crippen molar-refractivity contribution in [1.29, 1.82) is 0 Å². The summed E-state index contributed by atoms with van der Waals surface area (Å²) in [5, 5.41) is 7.36. The molecule has 1 nitrogen and oxygen atoms in total. The minimum absolute atomic E-state index is 0.445. The fraction of sp³-hybridized carbons (Fsp3) is 0.0294. The van der Waals surface area contributed by atoms with Gasteiger partial charge in [-0.3, -0.25) is 0 Å². The minimum atomic E-state index is -0.445. The molecule has 1 unspecified atom stereocenters. The Balaban J connectivity index is 1.12. The van der Waals surface area contributed by atoms with Gasteiger partial charge in [0.1, 0.15) is 0 Å². The zero-order valence-corrected chi connectivity index (χ0v) is 38.4. The van der Waals surface area contributed by atoms with E-state index in [0.29, 0.717) is 0 Å². The van der Waals surface area contributed by atoms with Crippen LogP contribution in [0.2, 0.25) is 0 Å². The molecule has 0 bridgehead atoms. The van der Waals surface area contributed by atoms with E-state index in [-0.39, 0.29) is 0 Å². The first-order valence-corrected chi connectivity index (χ1v) is 24.0. The summed E-state index contributed by atoms with van der Waals surface area (Å²) >= 11 is 0. The summed E-state index contributed by atoms with van der Waals surface area (Å²) in [4.78, 5) is 2.58. The Labute approximate surface area is 403 Å². The summed E-state index contributed by atoms with van der Waals surface area (Å²) in [6, 6.07) is 98.5. The average Bonchev–Trinajstić information content (AvgIpc) is 3.70. The van der Waals surface area contributed by atoms with Gasteiger partial charge in [-0.25, -0.2) is 0 Å². The highest BCUT2D eigenvalue weighted by atomic mass is 15.2. The zero-order valence-electron chi connectivity index (χ0n) is 38.4. The molecule has 12 aromatic rings. The van der Waals surface area contributed by atoms with E-state index >= 15 is 0 Å². The van der Waals surface area contributed by atoms with Crippen LogP contribution in [0.5, 0.6) is 0 Å². The van der Waals surface area contributed by atoms with Crippen LogP contribution in [0, 0.1) is 0 Å². The van der Waals surface area contributed by atoms with Crippen LogP contribution in [0.25, 0.3) is 88.0 Å². The van der Waals surface area contributed by atoms with Gasteiger partial charge in [0.25, 0.3) is 0 Å². The summed E-state index contributed by atoms with van der Waals surface area (Å²) in [5.41, 5.74) is 19.0. The smallest absolute Gasteiger partial charge is 0.0540 e. The normalized spacial score (nSPS) is 13.9. The molecule has 0 fully saturated rings. The molecule has 1 aliphatic rings. The Bertz CT molecular complexity index is 3890. The van der Waals surface area contributed by atoms with Crippen molar-refractivity contribution in [3.8, 4) is 55.6 Å². The molecule has 0 spiro atoms. The lowest BCUT2D eigenvalue weighted by molar-refractivity contribution is 0.714. The number of hydrogen-bond donors (Lipinski definition) is 0. The Hall–Kier alpha value is -8.78. The summed E-state index contributed by atoms with van der Waals surface area (Å²) in [5.74, 6) is 0. The van der Waals surface area contributed by atoms with Gasteiger partial charge < -0.3 is 4.90 Å². The predicted molar refractivity (Wildman–Crippen MR) is 293 cm³/mol. The van der Waals surface area contributed by atoms with Crippen molar-refractivity contribution >= 4 is 49.4 Å². The molecule has 0 N–H and O–H groups in total. The number of nitrogens with zero attached hydrogens (tertiary/aromatic N) is 1. The van der Waals surface area contributed by atoms with Crippen LogP contribution in [0.15, 0.2) is 267 Å². The SMILES string of the molecule is CC1(c2ccccc2)c2ccccc2-c2cccc(N(c3ccccc3-c3ccc4c(c3)c(-c3ccccc3)c(-c3ccccc3)c3ccccc34)c3ccc(-c4ccccc4)c4ccccc34)c21. The lowest BCUT2D eigenvalue weighted by Crippen LogP contribution is -2.25. The fourth-order valence-corrected chi connectivity index (χ4v) is 11.7. The maximum Gasteiger partial charge on any atom is 0.0540 e. The Kier molecular flexibility index (Phi) is 9.70. The molecule has 0 radical (unpaired) electrons. The topological polar surface area (TPSA) is 3.24 Å². The van der Waals surface area contributed by atoms with Crippen molar-refractivity contribution in [1.82, 2.24) is 0 Å². The fourth-order valence-electron chi connectivity index (χ4n) is 11.7. The molecule has 0 saturated carbocycles. The van der Waals surface area contributed by atoms with Crippen LogP contribution in [-0.4, -0.2) is 0 Å². The molecule has 1 atom stereocenters. The Morgan fingerprint density at radius 1 is 0.275 bits per heavy atom. The van der Waals surface area contributed by atoms with E-state index < -0.39 is 5.41 Å². The van der Waals surface area contributed by atoms with Gasteiger partial charge in [0.15, 0.2) is 0 Å². The first-order valence-electron chi connectivity index (χ1n) is 24.0. The van der Waals surface area contributed by atoms with Crippen LogP contribution < -0.4 is 4.90 Å². The van der Waals surface area contributed by atoms with Crippen LogP contribution in [0.4, 0.5) is 17.1 Å². The van der Waals surface area contributed by atoms with Crippen molar-refractivity contribution in [3.63, 3.8) is 0 Å². The molecule has 12 aromatic carbocycles. The van der Waals surface area contributed by atoms with Gasteiger partial charge in [0, 0.05) is 16.4 Å². The maximum atomic E-state index is 2.58.